The number of anilines is 1. The Morgan fingerprint density at radius 3 is 2.36 bits per heavy atom. The van der Waals surface area contributed by atoms with Gasteiger partial charge in [0.15, 0.2) is 0 Å². The highest BCUT2D eigenvalue weighted by Gasteiger charge is 2.27. The van der Waals surface area contributed by atoms with E-state index in [2.05, 4.69) is 4.98 Å². The summed E-state index contributed by atoms with van der Waals surface area (Å²) in [5.74, 6) is -0.444. The van der Waals surface area contributed by atoms with Gasteiger partial charge in [0.1, 0.15) is 10.7 Å². The first-order valence-corrected chi connectivity index (χ1v) is 9.22. The Morgan fingerprint density at radius 1 is 1.00 bits per heavy atom. The van der Waals surface area contributed by atoms with Gasteiger partial charge in [-0.2, -0.15) is 0 Å². The molecule has 0 saturated carbocycles. The highest BCUT2D eigenvalue weighted by atomic mass is 35.5. The third kappa shape index (κ3) is 3.81. The topological polar surface area (TPSA) is 50.3 Å². The minimum Gasteiger partial charge on any atom is -0.264 e. The summed E-state index contributed by atoms with van der Waals surface area (Å²) in [4.78, 5) is 4.00. The van der Waals surface area contributed by atoms with Crippen LogP contribution in [-0.2, 0) is 16.6 Å². The quantitative estimate of drug-likeness (QED) is 0.668. The average Bonchev–Trinajstić information content (AvgIpc) is 2.61. The van der Waals surface area contributed by atoms with Crippen LogP contribution in [-0.4, -0.2) is 13.4 Å². The maximum atomic E-state index is 13.3. The highest BCUT2D eigenvalue weighted by Crippen LogP contribution is 2.29. The Labute approximate surface area is 150 Å². The fourth-order valence-corrected chi connectivity index (χ4v) is 4.30. The molecule has 0 bridgehead atoms. The van der Waals surface area contributed by atoms with E-state index in [9.17, 15) is 12.8 Å². The van der Waals surface area contributed by atoms with Gasteiger partial charge < -0.3 is 0 Å². The van der Waals surface area contributed by atoms with Crippen molar-refractivity contribution in [3.63, 3.8) is 0 Å². The Bertz CT molecular complexity index is 964. The Morgan fingerprint density at radius 2 is 1.72 bits per heavy atom. The molecule has 1 aromatic heterocycles. The van der Waals surface area contributed by atoms with Crippen LogP contribution in [0.4, 0.5) is 10.1 Å². The molecule has 2 aromatic carbocycles. The van der Waals surface area contributed by atoms with Gasteiger partial charge in [-0.25, -0.2) is 12.8 Å². The van der Waals surface area contributed by atoms with Crippen molar-refractivity contribution in [1.29, 1.82) is 0 Å². The second-order valence-electron chi connectivity index (χ2n) is 5.28. The first-order chi connectivity index (χ1) is 12.0. The van der Waals surface area contributed by atoms with Crippen molar-refractivity contribution < 1.29 is 12.8 Å². The van der Waals surface area contributed by atoms with Crippen LogP contribution < -0.4 is 4.31 Å². The van der Waals surface area contributed by atoms with E-state index in [-0.39, 0.29) is 16.5 Å². The van der Waals surface area contributed by atoms with E-state index < -0.39 is 15.8 Å². The summed E-state index contributed by atoms with van der Waals surface area (Å²) in [5, 5.41) is 0.126. The van der Waals surface area contributed by atoms with Gasteiger partial charge in [0.2, 0.25) is 0 Å². The molecule has 0 spiro atoms. The van der Waals surface area contributed by atoms with Crippen molar-refractivity contribution in [2.24, 2.45) is 0 Å². The lowest BCUT2D eigenvalue weighted by atomic mass is 10.2. The highest BCUT2D eigenvalue weighted by molar-refractivity contribution is 7.93. The zero-order valence-corrected chi connectivity index (χ0v) is 14.6. The maximum Gasteiger partial charge on any atom is 0.266 e. The van der Waals surface area contributed by atoms with Crippen molar-refractivity contribution in [3.05, 3.63) is 89.5 Å². The van der Waals surface area contributed by atoms with Gasteiger partial charge in [0.05, 0.1) is 17.3 Å². The molecule has 0 fully saturated rings. The molecule has 4 nitrogen and oxygen atoms in total. The Kier molecular flexibility index (Phi) is 5.01. The van der Waals surface area contributed by atoms with Gasteiger partial charge in [0.25, 0.3) is 10.0 Å². The van der Waals surface area contributed by atoms with Gasteiger partial charge >= 0.3 is 0 Å². The Hall–Kier alpha value is -2.44. The van der Waals surface area contributed by atoms with Crippen molar-refractivity contribution in [1.82, 2.24) is 4.98 Å². The zero-order valence-electron chi connectivity index (χ0n) is 13.0. The largest absolute Gasteiger partial charge is 0.266 e. The minimum absolute atomic E-state index is 0.00937. The van der Waals surface area contributed by atoms with Gasteiger partial charge in [0, 0.05) is 12.4 Å². The molecule has 1 heterocycles. The fraction of sp³-hybridized carbons (Fsp3) is 0.0556. The lowest BCUT2D eigenvalue weighted by molar-refractivity contribution is 0.590. The number of halogens is 2. The molecule has 0 aliphatic carbocycles. The second kappa shape index (κ2) is 7.21. The third-order valence-corrected chi connectivity index (χ3v) is 5.84. The van der Waals surface area contributed by atoms with Crippen molar-refractivity contribution in [3.8, 4) is 0 Å². The van der Waals surface area contributed by atoms with Crippen LogP contribution in [0.5, 0.6) is 0 Å². The molecule has 128 valence electrons. The molecule has 0 saturated heterocycles. The van der Waals surface area contributed by atoms with Crippen molar-refractivity contribution in [2.45, 2.75) is 11.4 Å². The van der Waals surface area contributed by atoms with Gasteiger partial charge in [-0.15, -0.1) is 0 Å². The van der Waals surface area contributed by atoms with Crippen LogP contribution in [0, 0.1) is 5.82 Å². The molecule has 0 radical (unpaired) electrons. The molecule has 7 heteroatoms. The number of nitrogens with zero attached hydrogens (tertiary/aromatic N) is 2. The number of benzene rings is 2. The summed E-state index contributed by atoms with van der Waals surface area (Å²) in [6.45, 7) is 0.0486. The SMILES string of the molecule is O=S(=O)(c1ccccc1Cl)N(Cc1cccnc1)c1ccc(F)cc1. The molecule has 0 amide bonds. The van der Waals surface area contributed by atoms with Crippen LogP contribution in [0.1, 0.15) is 5.56 Å². The predicted molar refractivity (Wildman–Crippen MR) is 95.5 cm³/mol. The van der Waals surface area contributed by atoms with Crippen LogP contribution in [0.25, 0.3) is 0 Å². The van der Waals surface area contributed by atoms with E-state index in [4.69, 9.17) is 11.6 Å². The first-order valence-electron chi connectivity index (χ1n) is 7.40. The summed E-state index contributed by atoms with van der Waals surface area (Å²) in [6, 6.07) is 15.0. The van der Waals surface area contributed by atoms with Gasteiger partial charge in [-0.3, -0.25) is 9.29 Å². The Balaban J connectivity index is 2.10. The van der Waals surface area contributed by atoms with Crippen molar-refractivity contribution >= 4 is 27.3 Å². The third-order valence-electron chi connectivity index (χ3n) is 3.57. The van der Waals surface area contributed by atoms with Crippen LogP contribution in [0.3, 0.4) is 0 Å². The maximum absolute atomic E-state index is 13.3. The minimum atomic E-state index is -3.94. The van der Waals surface area contributed by atoms with E-state index in [1.807, 2.05) is 0 Å². The monoisotopic (exact) mass is 376 g/mol. The summed E-state index contributed by atoms with van der Waals surface area (Å²) in [7, 11) is -3.94. The van der Waals surface area contributed by atoms with E-state index >= 15 is 0 Å². The predicted octanol–water partition coefficient (Wildman–Crippen LogP) is 4.27. The standard InChI is InChI=1S/C18H14ClFN2O2S/c19-17-5-1-2-6-18(17)25(23,24)22(13-14-4-3-11-21-12-14)16-9-7-15(20)8-10-16/h1-12H,13H2. The molecule has 0 atom stereocenters. The van der Waals surface area contributed by atoms with Crippen molar-refractivity contribution in [2.75, 3.05) is 4.31 Å². The lowest BCUT2D eigenvalue weighted by Crippen LogP contribution is -2.30. The number of rotatable bonds is 5. The number of aromatic nitrogens is 1. The van der Waals surface area contributed by atoms with E-state index in [1.54, 1.807) is 36.7 Å². The average molecular weight is 377 g/mol. The molecule has 25 heavy (non-hydrogen) atoms. The van der Waals surface area contributed by atoms with E-state index in [0.29, 0.717) is 11.3 Å². The molecule has 0 aliphatic heterocycles. The van der Waals surface area contributed by atoms with Crippen LogP contribution in [0.2, 0.25) is 5.02 Å². The van der Waals surface area contributed by atoms with Gasteiger partial charge in [-0.1, -0.05) is 29.8 Å². The fourth-order valence-electron chi connectivity index (χ4n) is 2.35. The zero-order chi connectivity index (χ0) is 17.9. The van der Waals surface area contributed by atoms with E-state index in [1.165, 1.54) is 40.7 Å². The molecule has 3 rings (SSSR count). The first kappa shape index (κ1) is 17.4. The summed E-state index contributed by atoms with van der Waals surface area (Å²) in [6.07, 6.45) is 3.19. The summed E-state index contributed by atoms with van der Waals surface area (Å²) < 4.78 is 40.8. The summed E-state index contributed by atoms with van der Waals surface area (Å²) in [5.41, 5.74) is 1.03. The smallest absolute Gasteiger partial charge is 0.264 e. The summed E-state index contributed by atoms with van der Waals surface area (Å²) >= 11 is 6.09. The lowest BCUT2D eigenvalue weighted by Gasteiger charge is -2.25. The molecular formula is C18H14ClFN2O2S. The molecule has 0 N–H and O–H groups in total. The normalized spacial score (nSPS) is 11.3. The molecule has 0 aliphatic rings. The molecule has 3 aromatic rings. The van der Waals surface area contributed by atoms with Crippen LogP contribution >= 0.6 is 11.6 Å². The van der Waals surface area contributed by atoms with E-state index in [0.717, 1.165) is 0 Å². The number of pyridine rings is 1. The molecular weight excluding hydrogens is 363 g/mol. The number of sulfonamides is 1. The second-order valence-corrected chi connectivity index (χ2v) is 7.52. The van der Waals surface area contributed by atoms with Gasteiger partial charge in [-0.05, 0) is 48.0 Å². The molecule has 0 unspecified atom stereocenters. The number of hydrogen-bond donors (Lipinski definition) is 0. The van der Waals surface area contributed by atoms with Crippen LogP contribution in [0.15, 0.2) is 78.0 Å². The number of hydrogen-bond acceptors (Lipinski definition) is 3.